The molecule has 0 saturated heterocycles. The molecule has 34 heavy (non-hydrogen) atoms. The Morgan fingerprint density at radius 1 is 1.06 bits per heavy atom. The Labute approximate surface area is 201 Å². The van der Waals surface area contributed by atoms with Gasteiger partial charge in [-0.25, -0.2) is 10.4 Å². The first-order chi connectivity index (χ1) is 16.5. The van der Waals surface area contributed by atoms with Crippen molar-refractivity contribution in [2.45, 2.75) is 25.4 Å². The quantitative estimate of drug-likeness (QED) is 0.180. The molecule has 2 N–H and O–H groups in total. The number of aryl methyl sites for hydroxylation is 1. The summed E-state index contributed by atoms with van der Waals surface area (Å²) in [5.74, 6) is -0.108. The standard InChI is InChI=1S/C26H24N4O3S/c1-3-21(18-12-14-19(31)15-13-18)28-29-24(32)16-34-26-27-22-10-6-5-9-20(22)25(33)30(26)23-11-7-4-8-17(23)2/h4-15,31H,3,16H2,1-2H3,(H,29,32)/b28-21+. The number of thioether (sulfide) groups is 1. The molecule has 0 atom stereocenters. The van der Waals surface area contributed by atoms with E-state index in [0.717, 1.165) is 16.8 Å². The summed E-state index contributed by atoms with van der Waals surface area (Å²) in [4.78, 5) is 30.6. The van der Waals surface area contributed by atoms with E-state index in [0.29, 0.717) is 28.2 Å². The van der Waals surface area contributed by atoms with Crippen LogP contribution in [0.3, 0.4) is 0 Å². The van der Waals surface area contributed by atoms with Gasteiger partial charge in [-0.3, -0.25) is 14.2 Å². The molecule has 172 valence electrons. The number of phenolic OH excluding ortho intramolecular Hbond substituents is 1. The average molecular weight is 473 g/mol. The first-order valence-electron chi connectivity index (χ1n) is 10.8. The van der Waals surface area contributed by atoms with Crippen LogP contribution in [-0.2, 0) is 4.79 Å². The summed E-state index contributed by atoms with van der Waals surface area (Å²) in [5, 5.41) is 14.7. The topological polar surface area (TPSA) is 96.6 Å². The number of hydrazone groups is 1. The fourth-order valence-electron chi connectivity index (χ4n) is 3.53. The molecule has 1 heterocycles. The Morgan fingerprint density at radius 3 is 2.50 bits per heavy atom. The van der Waals surface area contributed by atoms with Crippen molar-refractivity contribution >= 4 is 34.3 Å². The zero-order chi connectivity index (χ0) is 24.1. The number of carbonyl (C=O) groups is 1. The maximum atomic E-state index is 13.4. The van der Waals surface area contributed by atoms with Gasteiger partial charge in [0, 0.05) is 0 Å². The molecular formula is C26H24N4O3S. The van der Waals surface area contributed by atoms with Gasteiger partial charge in [-0.05, 0) is 66.9 Å². The van der Waals surface area contributed by atoms with Crippen molar-refractivity contribution in [1.29, 1.82) is 0 Å². The van der Waals surface area contributed by atoms with E-state index in [4.69, 9.17) is 0 Å². The fraction of sp³-hybridized carbons (Fsp3) is 0.154. The van der Waals surface area contributed by atoms with E-state index in [2.05, 4.69) is 15.5 Å². The Hall–Kier alpha value is -3.91. The number of phenols is 1. The van der Waals surface area contributed by atoms with Crippen LogP contribution in [0, 0.1) is 6.92 Å². The predicted molar refractivity (Wildman–Crippen MR) is 136 cm³/mol. The highest BCUT2D eigenvalue weighted by Gasteiger charge is 2.16. The second-order valence-electron chi connectivity index (χ2n) is 7.62. The molecule has 0 spiro atoms. The van der Waals surface area contributed by atoms with Crippen LogP contribution in [-0.4, -0.2) is 32.0 Å². The van der Waals surface area contributed by atoms with Crippen LogP contribution in [0.2, 0.25) is 0 Å². The molecule has 7 nitrogen and oxygen atoms in total. The third kappa shape index (κ3) is 5.02. The van der Waals surface area contributed by atoms with Gasteiger partial charge in [-0.15, -0.1) is 0 Å². The summed E-state index contributed by atoms with van der Waals surface area (Å²) < 4.78 is 1.56. The fourth-order valence-corrected chi connectivity index (χ4v) is 4.33. The van der Waals surface area contributed by atoms with E-state index in [-0.39, 0.29) is 23.0 Å². The van der Waals surface area contributed by atoms with Crippen molar-refractivity contribution in [2.24, 2.45) is 5.10 Å². The number of amides is 1. The molecule has 0 unspecified atom stereocenters. The summed E-state index contributed by atoms with van der Waals surface area (Å²) in [6.07, 6.45) is 0.608. The van der Waals surface area contributed by atoms with Gasteiger partial charge in [0.25, 0.3) is 11.5 Å². The van der Waals surface area contributed by atoms with Crippen LogP contribution in [0.25, 0.3) is 16.6 Å². The van der Waals surface area contributed by atoms with Gasteiger partial charge in [-0.2, -0.15) is 5.10 Å². The molecule has 0 radical (unpaired) electrons. The third-order valence-electron chi connectivity index (χ3n) is 5.28. The maximum Gasteiger partial charge on any atom is 0.266 e. The van der Waals surface area contributed by atoms with Crippen LogP contribution < -0.4 is 11.0 Å². The minimum atomic E-state index is -0.312. The highest BCUT2D eigenvalue weighted by Crippen LogP contribution is 2.23. The molecule has 3 aromatic carbocycles. The maximum absolute atomic E-state index is 13.4. The Balaban J connectivity index is 1.60. The summed E-state index contributed by atoms with van der Waals surface area (Å²) in [6, 6.07) is 21.4. The predicted octanol–water partition coefficient (Wildman–Crippen LogP) is 4.42. The second kappa shape index (κ2) is 10.4. The molecule has 4 rings (SSSR count). The summed E-state index contributed by atoms with van der Waals surface area (Å²) >= 11 is 1.18. The van der Waals surface area contributed by atoms with Gasteiger partial charge in [0.2, 0.25) is 0 Å². The number of nitrogens with one attached hydrogen (secondary N) is 1. The lowest BCUT2D eigenvalue weighted by Gasteiger charge is -2.15. The van der Waals surface area contributed by atoms with E-state index in [9.17, 15) is 14.7 Å². The Morgan fingerprint density at radius 2 is 1.76 bits per heavy atom. The molecule has 1 aromatic heterocycles. The number of benzene rings is 3. The molecule has 0 aliphatic rings. The SMILES string of the molecule is CC/C(=N\NC(=O)CSc1nc2ccccc2c(=O)n1-c1ccccc1C)c1ccc(O)cc1. The summed E-state index contributed by atoms with van der Waals surface area (Å²) in [5.41, 5.74) is 6.16. The second-order valence-corrected chi connectivity index (χ2v) is 8.56. The molecule has 4 aromatic rings. The first-order valence-corrected chi connectivity index (χ1v) is 11.8. The number of hydrogen-bond acceptors (Lipinski definition) is 6. The molecule has 0 aliphatic heterocycles. The van der Waals surface area contributed by atoms with Crippen molar-refractivity contribution in [3.8, 4) is 11.4 Å². The number of nitrogens with zero attached hydrogens (tertiary/aromatic N) is 3. The van der Waals surface area contributed by atoms with Gasteiger partial charge in [0.05, 0.1) is 28.1 Å². The van der Waals surface area contributed by atoms with E-state index in [1.54, 1.807) is 41.0 Å². The van der Waals surface area contributed by atoms with Crippen LogP contribution in [0.1, 0.15) is 24.5 Å². The smallest absolute Gasteiger partial charge is 0.266 e. The zero-order valence-corrected chi connectivity index (χ0v) is 19.7. The number of hydrogen-bond donors (Lipinski definition) is 2. The summed E-state index contributed by atoms with van der Waals surface area (Å²) in [7, 11) is 0. The molecule has 0 aliphatic carbocycles. The van der Waals surface area contributed by atoms with Gasteiger partial charge in [-0.1, -0.05) is 49.0 Å². The van der Waals surface area contributed by atoms with Crippen molar-refractivity contribution in [2.75, 3.05) is 5.75 Å². The molecular weight excluding hydrogens is 448 g/mol. The highest BCUT2D eigenvalue weighted by molar-refractivity contribution is 7.99. The first kappa shape index (κ1) is 23.3. The lowest BCUT2D eigenvalue weighted by Crippen LogP contribution is -2.25. The lowest BCUT2D eigenvalue weighted by molar-refractivity contribution is -0.118. The van der Waals surface area contributed by atoms with E-state index >= 15 is 0 Å². The Bertz CT molecular complexity index is 1430. The minimum Gasteiger partial charge on any atom is -0.508 e. The van der Waals surface area contributed by atoms with Crippen LogP contribution in [0.4, 0.5) is 0 Å². The van der Waals surface area contributed by atoms with Gasteiger partial charge in [0.1, 0.15) is 5.75 Å². The van der Waals surface area contributed by atoms with Crippen molar-refractivity contribution in [3.05, 3.63) is 94.3 Å². The van der Waals surface area contributed by atoms with E-state index in [1.165, 1.54) is 11.8 Å². The van der Waals surface area contributed by atoms with Crippen molar-refractivity contribution in [1.82, 2.24) is 15.0 Å². The number of carbonyl (C=O) groups excluding carboxylic acids is 1. The number of rotatable bonds is 7. The highest BCUT2D eigenvalue weighted by atomic mass is 32.2. The van der Waals surface area contributed by atoms with Crippen LogP contribution in [0.15, 0.2) is 87.8 Å². The molecule has 0 bridgehead atoms. The largest absolute Gasteiger partial charge is 0.508 e. The van der Waals surface area contributed by atoms with E-state index in [1.807, 2.05) is 50.2 Å². The minimum absolute atomic E-state index is 0.0345. The molecule has 8 heteroatoms. The van der Waals surface area contributed by atoms with Gasteiger partial charge >= 0.3 is 0 Å². The zero-order valence-electron chi connectivity index (χ0n) is 18.9. The number of para-hydroxylation sites is 2. The lowest BCUT2D eigenvalue weighted by atomic mass is 10.1. The number of aromatic hydroxyl groups is 1. The molecule has 0 saturated carbocycles. The molecule has 1 amide bonds. The van der Waals surface area contributed by atoms with Gasteiger partial charge < -0.3 is 5.11 Å². The number of aromatic nitrogens is 2. The van der Waals surface area contributed by atoms with Crippen LogP contribution in [0.5, 0.6) is 5.75 Å². The normalized spacial score (nSPS) is 11.5. The van der Waals surface area contributed by atoms with E-state index < -0.39 is 0 Å². The monoisotopic (exact) mass is 472 g/mol. The number of fused-ring (bicyclic) bond motifs is 1. The van der Waals surface area contributed by atoms with Gasteiger partial charge in [0.15, 0.2) is 5.16 Å². The average Bonchev–Trinajstić information content (AvgIpc) is 2.85. The van der Waals surface area contributed by atoms with Crippen molar-refractivity contribution in [3.63, 3.8) is 0 Å². The van der Waals surface area contributed by atoms with Crippen molar-refractivity contribution < 1.29 is 9.90 Å². The van der Waals surface area contributed by atoms with Crippen LogP contribution >= 0.6 is 11.8 Å². The molecule has 0 fully saturated rings. The summed E-state index contributed by atoms with van der Waals surface area (Å²) in [6.45, 7) is 3.87. The third-order valence-corrected chi connectivity index (χ3v) is 6.22. The Kier molecular flexibility index (Phi) is 7.08.